The van der Waals surface area contributed by atoms with Crippen molar-refractivity contribution in [3.05, 3.63) is 0 Å². The predicted molar refractivity (Wildman–Crippen MR) is 88.3 cm³/mol. The van der Waals surface area contributed by atoms with Crippen molar-refractivity contribution in [1.82, 2.24) is 5.32 Å². The Balaban J connectivity index is 0. The fourth-order valence-corrected chi connectivity index (χ4v) is 2.39. The van der Waals surface area contributed by atoms with Crippen LogP contribution in [0.5, 0.6) is 0 Å². The summed E-state index contributed by atoms with van der Waals surface area (Å²) in [5.74, 6) is -2.57. The predicted octanol–water partition coefficient (Wildman–Crippen LogP) is 3.34. The molecular weight excluding hydrogens is 364 g/mol. The van der Waals surface area contributed by atoms with Gasteiger partial charge in [-0.25, -0.2) is 4.79 Å². The molecule has 24 heavy (non-hydrogen) atoms. The van der Waals surface area contributed by atoms with Gasteiger partial charge in [-0.1, -0.05) is 58.3 Å². The minimum Gasteiger partial charge on any atom is -0.481 e. The molecule has 7 heteroatoms. The van der Waals surface area contributed by atoms with Crippen LogP contribution < -0.4 is 5.32 Å². The fraction of sp³-hybridized carbons (Fsp3) is 0.824. The molecule has 0 heterocycles. The van der Waals surface area contributed by atoms with E-state index in [1.54, 1.807) is 0 Å². The van der Waals surface area contributed by atoms with Crippen molar-refractivity contribution in [2.45, 2.75) is 90.0 Å². The van der Waals surface area contributed by atoms with Crippen LogP contribution in [0.4, 0.5) is 0 Å². The maximum Gasteiger partial charge on any atom is 0.326 e. The first-order chi connectivity index (χ1) is 11.0. The van der Waals surface area contributed by atoms with Crippen LogP contribution in [0.1, 0.15) is 84.0 Å². The van der Waals surface area contributed by atoms with Gasteiger partial charge in [0.05, 0.1) is 0 Å². The summed E-state index contributed by atoms with van der Waals surface area (Å²) in [4.78, 5) is 33.1. The maximum absolute atomic E-state index is 11.7. The third-order valence-corrected chi connectivity index (χ3v) is 3.79. The van der Waals surface area contributed by atoms with E-state index in [2.05, 4.69) is 12.2 Å². The first kappa shape index (κ1) is 25.3. The number of carbonyl (C=O) groups excluding carboxylic acids is 1. The zero-order valence-corrected chi connectivity index (χ0v) is 17.9. The Kier molecular flexibility index (Phi) is 17.8. The Morgan fingerprint density at radius 2 is 1.33 bits per heavy atom. The second kappa shape index (κ2) is 16.9. The maximum atomic E-state index is 11.7. The average Bonchev–Trinajstić information content (AvgIpc) is 2.49. The van der Waals surface area contributed by atoms with Crippen LogP contribution in [0.2, 0.25) is 0 Å². The summed E-state index contributed by atoms with van der Waals surface area (Å²) >= 11 is 0. The molecule has 0 saturated heterocycles. The van der Waals surface area contributed by atoms with E-state index < -0.39 is 18.0 Å². The van der Waals surface area contributed by atoms with Crippen LogP contribution in [-0.2, 0) is 33.9 Å². The number of unbranched alkanes of at least 4 members (excludes halogenated alkanes) is 8. The Hall–Kier alpha value is -0.967. The Morgan fingerprint density at radius 3 is 1.79 bits per heavy atom. The number of hydrogen-bond donors (Lipinski definition) is 3. The summed E-state index contributed by atoms with van der Waals surface area (Å²) in [7, 11) is 0. The standard InChI is InChI=1S/C17H31NO5.Zn/c1-2-3-4-5-6-7-8-9-10-11-15(19)18-14(17(22)23)12-13-16(20)21;/h14H,2-13H2,1H3,(H,18,19)(H,20,21)(H,22,23);/t14-;/m0./s1. The minimum absolute atomic E-state index is 0. The molecule has 0 aromatic carbocycles. The van der Waals surface area contributed by atoms with E-state index in [4.69, 9.17) is 10.2 Å². The average molecular weight is 395 g/mol. The molecule has 0 aliphatic rings. The topological polar surface area (TPSA) is 104 Å². The number of carboxylic acid groups (broad SMARTS) is 2. The van der Waals surface area contributed by atoms with Crippen molar-refractivity contribution in [2.75, 3.05) is 0 Å². The van der Waals surface area contributed by atoms with Gasteiger partial charge >= 0.3 is 11.9 Å². The van der Waals surface area contributed by atoms with Gasteiger partial charge in [-0.3, -0.25) is 9.59 Å². The number of nitrogens with one attached hydrogen (secondary N) is 1. The Morgan fingerprint density at radius 1 is 0.833 bits per heavy atom. The van der Waals surface area contributed by atoms with Gasteiger partial charge in [0.1, 0.15) is 6.04 Å². The van der Waals surface area contributed by atoms with Crippen molar-refractivity contribution < 1.29 is 44.1 Å². The number of aliphatic carboxylic acids is 2. The molecule has 0 spiro atoms. The van der Waals surface area contributed by atoms with E-state index in [0.29, 0.717) is 6.42 Å². The molecule has 1 atom stereocenters. The summed E-state index contributed by atoms with van der Waals surface area (Å²) in [5, 5.41) is 19.9. The van der Waals surface area contributed by atoms with Gasteiger partial charge in [-0.15, -0.1) is 0 Å². The molecule has 6 nitrogen and oxygen atoms in total. The molecule has 136 valence electrons. The molecule has 0 aliphatic carbocycles. The van der Waals surface area contributed by atoms with E-state index in [1.807, 2.05) is 0 Å². The molecular formula is C17H31NO5Zn. The molecule has 0 aliphatic heterocycles. The molecule has 3 N–H and O–H groups in total. The molecule has 0 aromatic heterocycles. The van der Waals surface area contributed by atoms with E-state index in [9.17, 15) is 14.4 Å². The number of carboxylic acids is 2. The van der Waals surface area contributed by atoms with Crippen LogP contribution in [0.15, 0.2) is 0 Å². The van der Waals surface area contributed by atoms with Crippen LogP contribution in [0.3, 0.4) is 0 Å². The molecule has 0 aromatic rings. The number of hydrogen-bond acceptors (Lipinski definition) is 3. The van der Waals surface area contributed by atoms with Crippen LogP contribution >= 0.6 is 0 Å². The van der Waals surface area contributed by atoms with Crippen LogP contribution in [0.25, 0.3) is 0 Å². The van der Waals surface area contributed by atoms with Gasteiger partial charge in [0.25, 0.3) is 0 Å². The summed E-state index contributed by atoms with van der Waals surface area (Å²) in [5.41, 5.74) is 0. The number of rotatable bonds is 15. The van der Waals surface area contributed by atoms with E-state index >= 15 is 0 Å². The molecule has 0 saturated carbocycles. The van der Waals surface area contributed by atoms with Crippen LogP contribution in [-0.4, -0.2) is 34.1 Å². The second-order valence-electron chi connectivity index (χ2n) is 5.97. The summed E-state index contributed by atoms with van der Waals surface area (Å²) < 4.78 is 0. The van der Waals surface area contributed by atoms with Gasteiger partial charge in [0.2, 0.25) is 5.91 Å². The largest absolute Gasteiger partial charge is 0.481 e. The smallest absolute Gasteiger partial charge is 0.326 e. The molecule has 0 radical (unpaired) electrons. The van der Waals surface area contributed by atoms with Crippen molar-refractivity contribution in [3.63, 3.8) is 0 Å². The van der Waals surface area contributed by atoms with Gasteiger partial charge in [-0.2, -0.15) is 0 Å². The number of amides is 1. The van der Waals surface area contributed by atoms with Crippen LogP contribution in [0, 0.1) is 0 Å². The third-order valence-electron chi connectivity index (χ3n) is 3.79. The molecule has 0 unspecified atom stereocenters. The van der Waals surface area contributed by atoms with Crippen molar-refractivity contribution in [2.24, 2.45) is 0 Å². The normalized spacial score (nSPS) is 11.4. The third kappa shape index (κ3) is 15.9. The van der Waals surface area contributed by atoms with Gasteiger partial charge < -0.3 is 15.5 Å². The fourth-order valence-electron chi connectivity index (χ4n) is 2.39. The van der Waals surface area contributed by atoms with E-state index in [1.165, 1.54) is 38.5 Å². The van der Waals surface area contributed by atoms with Crippen molar-refractivity contribution >= 4 is 17.8 Å². The minimum atomic E-state index is -1.19. The SMILES string of the molecule is CCCCCCCCCCCC(=O)N[C@@H](CCC(=O)O)C(=O)O.[Zn]. The molecule has 0 fully saturated rings. The van der Waals surface area contributed by atoms with E-state index in [-0.39, 0.29) is 38.2 Å². The number of carbonyl (C=O) groups is 3. The first-order valence-corrected chi connectivity index (χ1v) is 8.71. The van der Waals surface area contributed by atoms with Crippen molar-refractivity contribution in [3.8, 4) is 0 Å². The van der Waals surface area contributed by atoms with Crippen molar-refractivity contribution in [1.29, 1.82) is 0 Å². The second-order valence-corrected chi connectivity index (χ2v) is 5.97. The van der Waals surface area contributed by atoms with Gasteiger partial charge in [-0.05, 0) is 12.8 Å². The Labute approximate surface area is 157 Å². The Bertz CT molecular complexity index is 363. The molecule has 0 bridgehead atoms. The summed E-state index contributed by atoms with van der Waals surface area (Å²) in [6, 6.07) is -1.11. The summed E-state index contributed by atoms with van der Waals surface area (Å²) in [6.45, 7) is 2.20. The summed E-state index contributed by atoms with van der Waals surface area (Å²) in [6.07, 6.45) is 10.3. The van der Waals surface area contributed by atoms with Gasteiger partial charge in [0, 0.05) is 32.3 Å². The molecule has 0 rings (SSSR count). The van der Waals surface area contributed by atoms with Gasteiger partial charge in [0.15, 0.2) is 0 Å². The quantitative estimate of drug-likeness (QED) is 0.292. The zero-order chi connectivity index (χ0) is 17.5. The van der Waals surface area contributed by atoms with E-state index in [0.717, 1.165) is 19.3 Å². The first-order valence-electron chi connectivity index (χ1n) is 8.71. The molecule has 1 amide bonds. The monoisotopic (exact) mass is 393 g/mol. The zero-order valence-electron chi connectivity index (χ0n) is 14.9.